The van der Waals surface area contributed by atoms with Crippen molar-refractivity contribution in [3.8, 4) is 5.88 Å². The summed E-state index contributed by atoms with van der Waals surface area (Å²) in [6.45, 7) is -0.0616. The fraction of sp³-hybridized carbons (Fsp3) is 0.381. The Bertz CT molecular complexity index is 1000. The number of fused-ring (bicyclic) bond motifs is 1. The Morgan fingerprint density at radius 1 is 1.26 bits per heavy atom. The van der Waals surface area contributed by atoms with E-state index in [0.717, 1.165) is 23.9 Å². The second-order valence-electron chi connectivity index (χ2n) is 7.37. The highest BCUT2D eigenvalue weighted by Gasteiger charge is 2.29. The third-order valence-electron chi connectivity index (χ3n) is 4.99. The fourth-order valence-electron chi connectivity index (χ4n) is 3.47. The average molecular weight is 434 g/mol. The molecule has 3 heterocycles. The molecule has 1 fully saturated rings. The summed E-state index contributed by atoms with van der Waals surface area (Å²) in [6.07, 6.45) is -1.31. The smallest absolute Gasteiger partial charge is 0.422 e. The summed E-state index contributed by atoms with van der Waals surface area (Å²) in [7, 11) is 0. The van der Waals surface area contributed by atoms with Crippen molar-refractivity contribution in [2.45, 2.75) is 31.5 Å². The SMILES string of the molecule is O=C(NCc1ccc(OCC(F)(F)F)nc1)N1CCCC(c2nc3ccccc3o2)C1. The van der Waals surface area contributed by atoms with E-state index in [1.165, 1.54) is 12.3 Å². The molecule has 0 spiro atoms. The van der Waals surface area contributed by atoms with Crippen molar-refractivity contribution < 1.29 is 27.1 Å². The van der Waals surface area contributed by atoms with Crippen LogP contribution < -0.4 is 10.1 Å². The maximum atomic E-state index is 12.6. The van der Waals surface area contributed by atoms with Crippen molar-refractivity contribution >= 4 is 17.1 Å². The van der Waals surface area contributed by atoms with E-state index >= 15 is 0 Å². The molecule has 1 atom stereocenters. The number of halogens is 3. The van der Waals surface area contributed by atoms with Gasteiger partial charge in [-0.15, -0.1) is 0 Å². The highest BCUT2D eigenvalue weighted by molar-refractivity contribution is 5.74. The molecule has 164 valence electrons. The van der Waals surface area contributed by atoms with Crippen molar-refractivity contribution in [3.05, 3.63) is 54.0 Å². The number of likely N-dealkylation sites (tertiary alicyclic amines) is 1. The number of amides is 2. The van der Waals surface area contributed by atoms with Crippen molar-refractivity contribution in [2.75, 3.05) is 19.7 Å². The van der Waals surface area contributed by atoms with E-state index in [-0.39, 0.29) is 24.4 Å². The molecular formula is C21H21F3N4O3. The van der Waals surface area contributed by atoms with Crippen LogP contribution in [-0.2, 0) is 6.54 Å². The summed E-state index contributed by atoms with van der Waals surface area (Å²) in [5.41, 5.74) is 2.18. The fourth-order valence-corrected chi connectivity index (χ4v) is 3.47. The first-order valence-corrected chi connectivity index (χ1v) is 9.90. The van der Waals surface area contributed by atoms with Crippen molar-refractivity contribution in [1.29, 1.82) is 0 Å². The molecule has 1 aliphatic heterocycles. The minimum Gasteiger partial charge on any atom is -0.468 e. The van der Waals surface area contributed by atoms with Crippen LogP contribution in [0.15, 0.2) is 47.0 Å². The number of piperidine rings is 1. The number of pyridine rings is 1. The number of nitrogens with zero attached hydrogens (tertiary/aromatic N) is 3. The van der Waals surface area contributed by atoms with Gasteiger partial charge in [0.25, 0.3) is 0 Å². The summed E-state index contributed by atoms with van der Waals surface area (Å²) >= 11 is 0. The Labute approximate surface area is 176 Å². The molecule has 0 bridgehead atoms. The first-order valence-electron chi connectivity index (χ1n) is 9.90. The van der Waals surface area contributed by atoms with Gasteiger partial charge in [0.2, 0.25) is 5.88 Å². The van der Waals surface area contributed by atoms with Gasteiger partial charge in [-0.1, -0.05) is 18.2 Å². The molecule has 1 saturated heterocycles. The van der Waals surface area contributed by atoms with Crippen LogP contribution in [0.4, 0.5) is 18.0 Å². The number of benzene rings is 1. The second-order valence-corrected chi connectivity index (χ2v) is 7.37. The molecule has 10 heteroatoms. The molecule has 0 saturated carbocycles. The number of hydrogen-bond acceptors (Lipinski definition) is 5. The van der Waals surface area contributed by atoms with E-state index in [0.29, 0.717) is 24.5 Å². The zero-order chi connectivity index (χ0) is 21.8. The van der Waals surface area contributed by atoms with Gasteiger partial charge in [0.05, 0.1) is 5.92 Å². The van der Waals surface area contributed by atoms with Crippen LogP contribution in [-0.4, -0.2) is 46.8 Å². The Hall–Kier alpha value is -3.30. The number of oxazole rings is 1. The molecule has 3 aromatic rings. The van der Waals surface area contributed by atoms with Gasteiger partial charge < -0.3 is 19.4 Å². The number of urea groups is 1. The van der Waals surface area contributed by atoms with Gasteiger partial charge in [-0.2, -0.15) is 13.2 Å². The number of aromatic nitrogens is 2. The van der Waals surface area contributed by atoms with Crippen LogP contribution in [0.1, 0.15) is 30.2 Å². The van der Waals surface area contributed by atoms with Gasteiger partial charge in [0.1, 0.15) is 5.52 Å². The highest BCUT2D eigenvalue weighted by atomic mass is 19.4. The lowest BCUT2D eigenvalue weighted by Crippen LogP contribution is -2.44. The summed E-state index contributed by atoms with van der Waals surface area (Å²) in [4.78, 5) is 22.7. The van der Waals surface area contributed by atoms with Crippen LogP contribution in [0.25, 0.3) is 11.1 Å². The van der Waals surface area contributed by atoms with Crippen LogP contribution in [0, 0.1) is 0 Å². The molecule has 1 N–H and O–H groups in total. The lowest BCUT2D eigenvalue weighted by atomic mass is 9.98. The quantitative estimate of drug-likeness (QED) is 0.649. The molecule has 0 aliphatic carbocycles. The maximum absolute atomic E-state index is 12.6. The van der Waals surface area contributed by atoms with Crippen LogP contribution in [0.2, 0.25) is 0 Å². The van der Waals surface area contributed by atoms with Crippen LogP contribution in [0.3, 0.4) is 0 Å². The Morgan fingerprint density at radius 2 is 2.10 bits per heavy atom. The van der Waals surface area contributed by atoms with Gasteiger partial charge in [0.15, 0.2) is 18.1 Å². The normalized spacial score (nSPS) is 17.0. The number of ether oxygens (including phenoxy) is 1. The van der Waals surface area contributed by atoms with E-state index in [1.807, 2.05) is 24.3 Å². The van der Waals surface area contributed by atoms with Crippen LogP contribution >= 0.6 is 0 Å². The number of hydrogen-bond donors (Lipinski definition) is 1. The molecule has 31 heavy (non-hydrogen) atoms. The Balaban J connectivity index is 1.30. The van der Waals surface area contributed by atoms with E-state index in [1.54, 1.807) is 11.0 Å². The second kappa shape index (κ2) is 8.83. The van der Waals surface area contributed by atoms with E-state index < -0.39 is 12.8 Å². The molecule has 1 aromatic carbocycles. The van der Waals surface area contributed by atoms with Gasteiger partial charge >= 0.3 is 12.2 Å². The minimum atomic E-state index is -4.42. The molecule has 2 aromatic heterocycles. The number of alkyl halides is 3. The number of rotatable bonds is 5. The lowest BCUT2D eigenvalue weighted by molar-refractivity contribution is -0.154. The topological polar surface area (TPSA) is 80.5 Å². The van der Waals surface area contributed by atoms with Crippen molar-refractivity contribution in [2.24, 2.45) is 0 Å². The summed E-state index contributed by atoms with van der Waals surface area (Å²) in [6, 6.07) is 10.2. The average Bonchev–Trinajstić information content (AvgIpc) is 3.21. The van der Waals surface area contributed by atoms with Gasteiger partial charge in [-0.3, -0.25) is 0 Å². The highest BCUT2D eigenvalue weighted by Crippen LogP contribution is 2.29. The Morgan fingerprint density at radius 3 is 2.84 bits per heavy atom. The monoisotopic (exact) mass is 434 g/mol. The number of para-hydroxylation sites is 2. The first-order chi connectivity index (χ1) is 14.9. The lowest BCUT2D eigenvalue weighted by Gasteiger charge is -2.31. The predicted octanol–water partition coefficient (Wildman–Crippen LogP) is 4.25. The number of carbonyl (C=O) groups is 1. The van der Waals surface area contributed by atoms with Crippen molar-refractivity contribution in [1.82, 2.24) is 20.2 Å². The molecular weight excluding hydrogens is 413 g/mol. The van der Waals surface area contributed by atoms with E-state index in [9.17, 15) is 18.0 Å². The molecule has 1 unspecified atom stereocenters. The number of carbonyl (C=O) groups excluding carboxylic acids is 1. The molecule has 2 amide bonds. The summed E-state index contributed by atoms with van der Waals surface area (Å²) in [5.74, 6) is 0.542. The molecule has 7 nitrogen and oxygen atoms in total. The van der Waals surface area contributed by atoms with Crippen molar-refractivity contribution in [3.63, 3.8) is 0 Å². The van der Waals surface area contributed by atoms with E-state index in [2.05, 4.69) is 20.0 Å². The third kappa shape index (κ3) is 5.44. The molecule has 4 rings (SSSR count). The number of nitrogens with one attached hydrogen (secondary N) is 1. The summed E-state index contributed by atoms with van der Waals surface area (Å²) in [5, 5.41) is 2.82. The largest absolute Gasteiger partial charge is 0.468 e. The third-order valence-corrected chi connectivity index (χ3v) is 4.99. The van der Waals surface area contributed by atoms with Gasteiger partial charge in [0, 0.05) is 31.9 Å². The zero-order valence-electron chi connectivity index (χ0n) is 16.6. The Kier molecular flexibility index (Phi) is 5.97. The standard InChI is InChI=1S/C21H21F3N4O3/c22-21(23,24)13-30-18-8-7-14(10-25-18)11-26-20(29)28-9-3-4-15(12-28)19-27-16-5-1-2-6-17(16)31-19/h1-2,5-8,10,15H,3-4,9,11-13H2,(H,26,29). The maximum Gasteiger partial charge on any atom is 0.422 e. The summed E-state index contributed by atoms with van der Waals surface area (Å²) < 4.78 is 47.0. The predicted molar refractivity (Wildman–Crippen MR) is 106 cm³/mol. The zero-order valence-corrected chi connectivity index (χ0v) is 16.6. The van der Waals surface area contributed by atoms with E-state index in [4.69, 9.17) is 4.42 Å². The molecule has 0 radical (unpaired) electrons. The van der Waals surface area contributed by atoms with Gasteiger partial charge in [-0.25, -0.2) is 14.8 Å². The van der Waals surface area contributed by atoms with Crippen LogP contribution in [0.5, 0.6) is 5.88 Å². The first kappa shape index (κ1) is 21.0. The molecule has 1 aliphatic rings. The minimum absolute atomic E-state index is 0.0265. The van der Waals surface area contributed by atoms with Gasteiger partial charge in [-0.05, 0) is 30.5 Å².